The summed E-state index contributed by atoms with van der Waals surface area (Å²) >= 11 is 0. The molecule has 3 amide bonds. The van der Waals surface area contributed by atoms with Crippen LogP contribution in [0.1, 0.15) is 5.56 Å². The van der Waals surface area contributed by atoms with E-state index in [-0.39, 0.29) is 11.9 Å². The third-order valence-corrected chi connectivity index (χ3v) is 6.71. The van der Waals surface area contributed by atoms with Crippen LogP contribution in [0, 0.1) is 0 Å². The Kier molecular flexibility index (Phi) is 5.69. The van der Waals surface area contributed by atoms with Gasteiger partial charge in [-0.1, -0.05) is 35.3 Å². The number of methoxy groups -OCH3 is 1. The predicted molar refractivity (Wildman–Crippen MR) is 129 cm³/mol. The Balaban J connectivity index is 1.45. The van der Waals surface area contributed by atoms with Gasteiger partial charge in [-0.25, -0.2) is 9.69 Å². The molecule has 0 aromatic heterocycles. The number of hydrogen-bond donors (Lipinski definition) is 0. The van der Waals surface area contributed by atoms with E-state index in [2.05, 4.69) is 21.6 Å². The molecule has 3 heterocycles. The smallest absolute Gasteiger partial charge is 0.392 e. The van der Waals surface area contributed by atoms with Crippen LogP contribution in [0.25, 0.3) is 0 Å². The van der Waals surface area contributed by atoms with Crippen molar-refractivity contribution in [3.8, 4) is 5.75 Å². The van der Waals surface area contributed by atoms with Crippen LogP contribution in [0.5, 0.6) is 5.75 Å². The van der Waals surface area contributed by atoms with Crippen molar-refractivity contribution < 1.29 is 18.9 Å². The van der Waals surface area contributed by atoms with Gasteiger partial charge in [-0.3, -0.25) is 19.2 Å². The number of amidine groups is 1. The van der Waals surface area contributed by atoms with Crippen molar-refractivity contribution in [2.45, 2.75) is 12.6 Å². The van der Waals surface area contributed by atoms with Crippen molar-refractivity contribution in [1.29, 1.82) is 0 Å². The molecule has 2 saturated heterocycles. The van der Waals surface area contributed by atoms with Crippen LogP contribution >= 0.6 is 0 Å². The molecule has 34 heavy (non-hydrogen) atoms. The van der Waals surface area contributed by atoms with Gasteiger partial charge in [0.2, 0.25) is 11.9 Å². The van der Waals surface area contributed by atoms with E-state index in [9.17, 15) is 9.59 Å². The Hall–Kier alpha value is -3.88. The van der Waals surface area contributed by atoms with E-state index in [1.807, 2.05) is 47.4 Å². The maximum Gasteiger partial charge on any atom is 0.392 e. The minimum absolute atomic E-state index is 0.246. The van der Waals surface area contributed by atoms with Gasteiger partial charge in [-0.15, -0.1) is 0 Å². The lowest BCUT2D eigenvalue weighted by Gasteiger charge is -2.34. The van der Waals surface area contributed by atoms with Gasteiger partial charge in [-0.05, 0) is 29.8 Å². The fourth-order valence-electron chi connectivity index (χ4n) is 4.74. The first kappa shape index (κ1) is 21.9. The SMILES string of the molecule is COc1ccc(N2CC[N+](=C3N=C4C(C(=O)N(C)C(=O)N4C)N3Cc3ccccc3)CC2)cc1. The first-order valence-electron chi connectivity index (χ1n) is 11.4. The number of imide groups is 1. The monoisotopic (exact) mass is 461 g/mol. The van der Waals surface area contributed by atoms with E-state index in [4.69, 9.17) is 9.73 Å². The molecular formula is C25H29N6O3+. The molecular weight excluding hydrogens is 432 g/mol. The van der Waals surface area contributed by atoms with Crippen LogP contribution in [0.3, 0.4) is 0 Å². The molecule has 2 aromatic rings. The average molecular weight is 462 g/mol. The molecule has 9 heteroatoms. The maximum atomic E-state index is 13.2. The highest BCUT2D eigenvalue weighted by Gasteiger charge is 2.55. The van der Waals surface area contributed by atoms with Gasteiger partial charge in [0.15, 0.2) is 0 Å². The van der Waals surface area contributed by atoms with E-state index in [1.165, 1.54) is 16.8 Å². The van der Waals surface area contributed by atoms with Crippen LogP contribution in [0.2, 0.25) is 0 Å². The summed E-state index contributed by atoms with van der Waals surface area (Å²) in [6.45, 7) is 3.71. The lowest BCUT2D eigenvalue weighted by Crippen LogP contribution is -2.62. The van der Waals surface area contributed by atoms with E-state index < -0.39 is 6.04 Å². The zero-order chi connectivity index (χ0) is 23.8. The van der Waals surface area contributed by atoms with Crippen molar-refractivity contribution in [2.24, 2.45) is 4.99 Å². The number of amides is 3. The number of fused-ring (bicyclic) bond motifs is 1. The molecule has 3 aliphatic heterocycles. The highest BCUT2D eigenvalue weighted by Crippen LogP contribution is 2.26. The van der Waals surface area contributed by atoms with Crippen molar-refractivity contribution in [3.05, 3.63) is 60.2 Å². The molecule has 0 bridgehead atoms. The Morgan fingerprint density at radius 1 is 0.971 bits per heavy atom. The molecule has 0 spiro atoms. The molecule has 1 unspecified atom stereocenters. The molecule has 2 fully saturated rings. The number of guanidine groups is 1. The molecule has 0 N–H and O–H groups in total. The number of piperazine rings is 1. The quantitative estimate of drug-likeness (QED) is 0.648. The molecule has 2 aromatic carbocycles. The minimum Gasteiger partial charge on any atom is -0.497 e. The third-order valence-electron chi connectivity index (χ3n) is 6.71. The van der Waals surface area contributed by atoms with Crippen molar-refractivity contribution in [2.75, 3.05) is 52.3 Å². The van der Waals surface area contributed by atoms with E-state index in [0.717, 1.165) is 49.1 Å². The summed E-state index contributed by atoms with van der Waals surface area (Å²) in [5.41, 5.74) is 2.24. The maximum absolute atomic E-state index is 13.2. The number of rotatable bonds is 4. The average Bonchev–Trinajstić information content (AvgIpc) is 3.26. The van der Waals surface area contributed by atoms with Gasteiger partial charge in [0.25, 0.3) is 5.91 Å². The zero-order valence-corrected chi connectivity index (χ0v) is 19.7. The van der Waals surface area contributed by atoms with Crippen LogP contribution in [-0.2, 0) is 11.3 Å². The largest absolute Gasteiger partial charge is 0.497 e. The normalized spacial score (nSPS) is 20.7. The van der Waals surface area contributed by atoms with Crippen LogP contribution in [0.15, 0.2) is 59.6 Å². The third kappa shape index (κ3) is 3.76. The summed E-state index contributed by atoms with van der Waals surface area (Å²) in [5.74, 6) is 1.84. The predicted octanol–water partition coefficient (Wildman–Crippen LogP) is 1.69. The summed E-state index contributed by atoms with van der Waals surface area (Å²) in [7, 11) is 4.88. The van der Waals surface area contributed by atoms with Gasteiger partial charge in [-0.2, -0.15) is 0 Å². The van der Waals surface area contributed by atoms with Gasteiger partial charge in [0.05, 0.1) is 26.7 Å². The number of hydrogen-bond acceptors (Lipinski definition) is 4. The van der Waals surface area contributed by atoms with Crippen LogP contribution in [-0.4, -0.2) is 96.4 Å². The van der Waals surface area contributed by atoms with Gasteiger partial charge >= 0.3 is 12.0 Å². The highest BCUT2D eigenvalue weighted by atomic mass is 16.5. The molecule has 0 radical (unpaired) electrons. The number of carbonyl (C=O) groups is 2. The Morgan fingerprint density at radius 3 is 2.29 bits per heavy atom. The van der Waals surface area contributed by atoms with Crippen molar-refractivity contribution >= 4 is 29.4 Å². The molecule has 9 nitrogen and oxygen atoms in total. The van der Waals surface area contributed by atoms with Gasteiger partial charge in [0, 0.05) is 32.9 Å². The molecule has 1 atom stereocenters. The number of ether oxygens (including phenoxy) is 1. The number of likely N-dealkylation sites (N-methyl/N-ethyl adjacent to an activating group) is 2. The first-order chi connectivity index (χ1) is 16.5. The molecule has 176 valence electrons. The molecule has 3 aliphatic rings. The summed E-state index contributed by atoms with van der Waals surface area (Å²) in [6, 6.07) is 17.2. The lowest BCUT2D eigenvalue weighted by molar-refractivity contribution is -0.535. The van der Waals surface area contributed by atoms with Crippen LogP contribution < -0.4 is 9.64 Å². The number of nitrogens with zero attached hydrogens (tertiary/aromatic N) is 6. The lowest BCUT2D eigenvalue weighted by atomic mass is 10.1. The second-order valence-electron chi connectivity index (χ2n) is 8.70. The molecule has 5 rings (SSSR count). The van der Waals surface area contributed by atoms with Crippen LogP contribution in [0.4, 0.5) is 10.5 Å². The number of anilines is 1. The Morgan fingerprint density at radius 2 is 1.65 bits per heavy atom. The van der Waals surface area contributed by atoms with E-state index in [1.54, 1.807) is 14.2 Å². The minimum atomic E-state index is -0.609. The highest BCUT2D eigenvalue weighted by molar-refractivity contribution is 6.25. The second kappa shape index (κ2) is 8.81. The summed E-state index contributed by atoms with van der Waals surface area (Å²) in [6.07, 6.45) is 0. The molecule has 0 aliphatic carbocycles. The molecule has 0 saturated carbocycles. The topological polar surface area (TPSA) is 71.7 Å². The zero-order valence-electron chi connectivity index (χ0n) is 19.7. The number of carbonyl (C=O) groups excluding carboxylic acids is 2. The number of benzene rings is 2. The fraction of sp³-hybridized carbons (Fsp3) is 0.360. The standard InChI is InChI=1S/C25H29N6O3/c1-27-22-21(23(32)28(2)25(27)33)31(17-18-7-5-4-6-8-18)24(26-22)30-15-13-29(14-16-30)19-9-11-20(34-3)12-10-19/h4-12,21H,13-17H2,1-3H3/q+1. The fourth-order valence-corrected chi connectivity index (χ4v) is 4.74. The summed E-state index contributed by atoms with van der Waals surface area (Å²) in [4.78, 5) is 37.7. The van der Waals surface area contributed by atoms with E-state index >= 15 is 0 Å². The van der Waals surface area contributed by atoms with Crippen molar-refractivity contribution in [3.63, 3.8) is 0 Å². The Bertz CT molecular complexity index is 1150. The Labute approximate surface area is 199 Å². The first-order valence-corrected chi connectivity index (χ1v) is 11.4. The van der Waals surface area contributed by atoms with Crippen molar-refractivity contribution in [1.82, 2.24) is 14.7 Å². The summed E-state index contributed by atoms with van der Waals surface area (Å²) in [5, 5.41) is 0. The summed E-state index contributed by atoms with van der Waals surface area (Å²) < 4.78 is 7.49. The van der Waals surface area contributed by atoms with Gasteiger partial charge in [0.1, 0.15) is 5.75 Å². The second-order valence-corrected chi connectivity index (χ2v) is 8.70. The van der Waals surface area contributed by atoms with Gasteiger partial charge < -0.3 is 9.64 Å². The number of urea groups is 1. The van der Waals surface area contributed by atoms with E-state index in [0.29, 0.717) is 12.4 Å². The number of aliphatic imine (C=N–C) groups is 1.